The number of aliphatic hydroxyl groups is 1. The van der Waals surface area contributed by atoms with Gasteiger partial charge in [0.2, 0.25) is 0 Å². The van der Waals surface area contributed by atoms with Gasteiger partial charge in [0, 0.05) is 24.7 Å². The summed E-state index contributed by atoms with van der Waals surface area (Å²) in [5.74, 6) is 0. The first-order valence-corrected chi connectivity index (χ1v) is 6.96. The highest BCUT2D eigenvalue weighted by atomic mass is 16.6. The fourth-order valence-corrected chi connectivity index (χ4v) is 2.75. The number of hydrogen-bond acceptors (Lipinski definition) is 5. The highest BCUT2D eigenvalue weighted by molar-refractivity contribution is 5.66. The van der Waals surface area contributed by atoms with E-state index in [1.54, 1.807) is 19.1 Å². The van der Waals surface area contributed by atoms with E-state index in [9.17, 15) is 15.2 Å². The number of benzene rings is 1. The van der Waals surface area contributed by atoms with Crippen LogP contribution in [0.3, 0.4) is 0 Å². The summed E-state index contributed by atoms with van der Waals surface area (Å²) in [6.07, 6.45) is 2.20. The van der Waals surface area contributed by atoms with Gasteiger partial charge in [-0.15, -0.1) is 0 Å². The quantitative estimate of drug-likeness (QED) is 0.609. The van der Waals surface area contributed by atoms with Gasteiger partial charge in [-0.3, -0.25) is 10.1 Å². The number of aliphatic hydroxyl groups excluding tert-OH is 1. The van der Waals surface area contributed by atoms with Gasteiger partial charge < -0.3 is 15.3 Å². The van der Waals surface area contributed by atoms with Gasteiger partial charge in [0.25, 0.3) is 5.69 Å². The van der Waals surface area contributed by atoms with Gasteiger partial charge in [-0.05, 0) is 32.4 Å². The second-order valence-corrected chi connectivity index (χ2v) is 5.16. The van der Waals surface area contributed by atoms with Gasteiger partial charge in [0.1, 0.15) is 5.69 Å². The number of para-hydroxylation sites is 1. The van der Waals surface area contributed by atoms with Crippen LogP contribution in [0.1, 0.15) is 18.4 Å². The first kappa shape index (κ1) is 14.7. The summed E-state index contributed by atoms with van der Waals surface area (Å²) in [6.45, 7) is 3.81. The largest absolute Gasteiger partial charge is 0.395 e. The Hall–Kier alpha value is -1.66. The van der Waals surface area contributed by atoms with Crippen molar-refractivity contribution in [2.45, 2.75) is 25.8 Å². The maximum atomic E-state index is 11.3. The molecule has 6 nitrogen and oxygen atoms in total. The SMILES string of the molecule is Cc1cccc(N(CCO)CC2CCCN2)c1[N+](=O)[O-]. The summed E-state index contributed by atoms with van der Waals surface area (Å²) < 4.78 is 0. The second kappa shape index (κ2) is 6.67. The van der Waals surface area contributed by atoms with Crippen LogP contribution in [0.5, 0.6) is 0 Å². The second-order valence-electron chi connectivity index (χ2n) is 5.16. The van der Waals surface area contributed by atoms with Gasteiger partial charge in [-0.2, -0.15) is 0 Å². The molecule has 1 aliphatic rings. The van der Waals surface area contributed by atoms with E-state index < -0.39 is 0 Å². The zero-order chi connectivity index (χ0) is 14.5. The summed E-state index contributed by atoms with van der Waals surface area (Å²) in [4.78, 5) is 12.9. The lowest BCUT2D eigenvalue weighted by atomic mass is 10.1. The van der Waals surface area contributed by atoms with Crippen molar-refractivity contribution in [2.24, 2.45) is 0 Å². The zero-order valence-corrected chi connectivity index (χ0v) is 11.7. The normalized spacial score (nSPS) is 18.2. The summed E-state index contributed by atoms with van der Waals surface area (Å²) >= 11 is 0. The van der Waals surface area contributed by atoms with E-state index >= 15 is 0 Å². The predicted molar refractivity (Wildman–Crippen MR) is 78.2 cm³/mol. The van der Waals surface area contributed by atoms with E-state index in [2.05, 4.69) is 5.32 Å². The molecule has 110 valence electrons. The van der Waals surface area contributed by atoms with Crippen molar-refractivity contribution in [1.29, 1.82) is 0 Å². The molecule has 0 bridgehead atoms. The van der Waals surface area contributed by atoms with E-state index in [0.717, 1.165) is 19.4 Å². The molecular formula is C14H21N3O3. The van der Waals surface area contributed by atoms with Crippen LogP contribution >= 0.6 is 0 Å². The highest BCUT2D eigenvalue weighted by Gasteiger charge is 2.24. The Labute approximate surface area is 118 Å². The zero-order valence-electron chi connectivity index (χ0n) is 11.7. The molecule has 1 aromatic rings. The minimum absolute atomic E-state index is 0.0161. The van der Waals surface area contributed by atoms with Crippen LogP contribution in [-0.2, 0) is 0 Å². The minimum atomic E-state index is -0.336. The Morgan fingerprint density at radius 2 is 2.35 bits per heavy atom. The van der Waals surface area contributed by atoms with Crippen molar-refractivity contribution >= 4 is 11.4 Å². The van der Waals surface area contributed by atoms with Crippen LogP contribution in [-0.4, -0.2) is 42.3 Å². The Balaban J connectivity index is 2.28. The number of nitrogens with zero attached hydrogens (tertiary/aromatic N) is 2. The summed E-state index contributed by atoms with van der Waals surface area (Å²) in [6, 6.07) is 5.66. The molecule has 1 unspecified atom stereocenters. The van der Waals surface area contributed by atoms with Gasteiger partial charge >= 0.3 is 0 Å². The average Bonchev–Trinajstić information content (AvgIpc) is 2.90. The van der Waals surface area contributed by atoms with Crippen molar-refractivity contribution in [3.63, 3.8) is 0 Å². The number of rotatable bonds is 6. The molecule has 2 N–H and O–H groups in total. The van der Waals surface area contributed by atoms with E-state index in [4.69, 9.17) is 0 Å². The number of nitro benzene ring substituents is 1. The van der Waals surface area contributed by atoms with Gasteiger partial charge in [-0.25, -0.2) is 0 Å². The number of hydrogen-bond donors (Lipinski definition) is 2. The van der Waals surface area contributed by atoms with Gasteiger partial charge in [0.05, 0.1) is 11.5 Å². The summed E-state index contributed by atoms with van der Waals surface area (Å²) in [5.41, 5.74) is 1.38. The summed E-state index contributed by atoms with van der Waals surface area (Å²) in [5, 5.41) is 23.9. The van der Waals surface area contributed by atoms with E-state index in [1.165, 1.54) is 0 Å². The molecule has 0 amide bonds. The maximum Gasteiger partial charge on any atom is 0.295 e. The molecule has 1 atom stereocenters. The first-order valence-electron chi connectivity index (χ1n) is 6.96. The molecule has 1 saturated heterocycles. The molecular weight excluding hydrogens is 258 g/mol. The Kier molecular flexibility index (Phi) is 4.92. The molecule has 1 aromatic carbocycles. The van der Waals surface area contributed by atoms with Crippen LogP contribution in [0.2, 0.25) is 0 Å². The van der Waals surface area contributed by atoms with Crippen LogP contribution in [0.15, 0.2) is 18.2 Å². The van der Waals surface area contributed by atoms with Crippen LogP contribution in [0.25, 0.3) is 0 Å². The third-order valence-electron chi connectivity index (χ3n) is 3.71. The lowest BCUT2D eigenvalue weighted by Gasteiger charge is -2.27. The molecule has 0 aliphatic carbocycles. The van der Waals surface area contributed by atoms with Crippen molar-refractivity contribution in [2.75, 3.05) is 31.1 Å². The van der Waals surface area contributed by atoms with Crippen molar-refractivity contribution in [1.82, 2.24) is 5.32 Å². The minimum Gasteiger partial charge on any atom is -0.395 e. The Morgan fingerprint density at radius 1 is 1.55 bits per heavy atom. The fourth-order valence-electron chi connectivity index (χ4n) is 2.75. The molecule has 0 aromatic heterocycles. The number of nitrogens with one attached hydrogen (secondary N) is 1. The number of anilines is 1. The highest BCUT2D eigenvalue weighted by Crippen LogP contribution is 2.31. The first-order chi connectivity index (χ1) is 9.63. The lowest BCUT2D eigenvalue weighted by molar-refractivity contribution is -0.384. The molecule has 2 rings (SSSR count). The lowest BCUT2D eigenvalue weighted by Crippen LogP contribution is -2.39. The smallest absolute Gasteiger partial charge is 0.295 e. The molecule has 0 spiro atoms. The fraction of sp³-hybridized carbons (Fsp3) is 0.571. The molecule has 0 saturated carbocycles. The Bertz CT molecular complexity index is 473. The molecule has 6 heteroatoms. The molecule has 20 heavy (non-hydrogen) atoms. The van der Waals surface area contributed by atoms with E-state index in [1.807, 2.05) is 11.0 Å². The standard InChI is InChI=1S/C14H21N3O3/c1-11-4-2-6-13(14(11)17(19)20)16(8-9-18)10-12-5-3-7-15-12/h2,4,6,12,15,18H,3,5,7-10H2,1H3. The third kappa shape index (κ3) is 3.26. The van der Waals surface area contributed by atoms with E-state index in [0.29, 0.717) is 30.4 Å². The number of aryl methyl sites for hydroxylation is 1. The number of nitro groups is 1. The van der Waals surface area contributed by atoms with Crippen molar-refractivity contribution in [3.05, 3.63) is 33.9 Å². The molecule has 1 fully saturated rings. The van der Waals surface area contributed by atoms with Crippen LogP contribution < -0.4 is 10.2 Å². The van der Waals surface area contributed by atoms with Crippen LogP contribution in [0.4, 0.5) is 11.4 Å². The molecule has 1 aliphatic heterocycles. The van der Waals surface area contributed by atoms with Crippen molar-refractivity contribution < 1.29 is 10.0 Å². The van der Waals surface area contributed by atoms with Gasteiger partial charge in [0.15, 0.2) is 0 Å². The van der Waals surface area contributed by atoms with Crippen LogP contribution in [0, 0.1) is 17.0 Å². The molecule has 1 heterocycles. The Morgan fingerprint density at radius 3 is 2.95 bits per heavy atom. The monoisotopic (exact) mass is 279 g/mol. The topological polar surface area (TPSA) is 78.6 Å². The third-order valence-corrected chi connectivity index (χ3v) is 3.71. The maximum absolute atomic E-state index is 11.3. The average molecular weight is 279 g/mol. The predicted octanol–water partition coefficient (Wildman–Crippen LogP) is 1.45. The van der Waals surface area contributed by atoms with Gasteiger partial charge in [-0.1, -0.05) is 12.1 Å². The molecule has 0 radical (unpaired) electrons. The van der Waals surface area contributed by atoms with Crippen molar-refractivity contribution in [3.8, 4) is 0 Å². The summed E-state index contributed by atoms with van der Waals surface area (Å²) in [7, 11) is 0. The van der Waals surface area contributed by atoms with E-state index in [-0.39, 0.29) is 17.2 Å².